The molecule has 0 heterocycles. The summed E-state index contributed by atoms with van der Waals surface area (Å²) in [6.45, 7) is 7.89. The average molecular weight is 152 g/mol. The van der Waals surface area contributed by atoms with Crippen LogP contribution in [0.25, 0.3) is 0 Å². The Balaban J connectivity index is 3.88. The van der Waals surface area contributed by atoms with Gasteiger partial charge in [-0.3, -0.25) is 4.79 Å². The first-order valence-corrected chi connectivity index (χ1v) is 3.78. The summed E-state index contributed by atoms with van der Waals surface area (Å²) < 4.78 is 0. The molecule has 1 nitrogen and oxygen atoms in total. The molecule has 0 aliphatic rings. The first-order chi connectivity index (χ1) is 4.92. The van der Waals surface area contributed by atoms with Gasteiger partial charge in [0.15, 0.2) is 5.78 Å². The molecule has 0 aromatic heterocycles. The van der Waals surface area contributed by atoms with Gasteiger partial charge in [0.05, 0.1) is 0 Å². The third-order valence-electron chi connectivity index (χ3n) is 1.04. The van der Waals surface area contributed by atoms with Crippen LogP contribution in [0.1, 0.15) is 27.7 Å². The van der Waals surface area contributed by atoms with Gasteiger partial charge in [-0.15, -0.1) is 0 Å². The molecule has 0 bridgehead atoms. The van der Waals surface area contributed by atoms with Crippen molar-refractivity contribution in [3.8, 4) is 0 Å². The van der Waals surface area contributed by atoms with Crippen molar-refractivity contribution in [1.82, 2.24) is 0 Å². The molecule has 0 aliphatic heterocycles. The minimum Gasteiger partial charge on any atom is -0.295 e. The summed E-state index contributed by atoms with van der Waals surface area (Å²) in [6.07, 6.45) is 7.30. The minimum absolute atomic E-state index is 0.0866. The maximum Gasteiger partial charge on any atom is 0.152 e. The van der Waals surface area contributed by atoms with E-state index in [-0.39, 0.29) is 11.2 Å². The lowest BCUT2D eigenvalue weighted by Crippen LogP contribution is -1.97. The Bertz CT molecular complexity index is 180. The molecule has 0 N–H and O–H groups in total. The van der Waals surface area contributed by atoms with Crippen molar-refractivity contribution in [2.24, 2.45) is 5.41 Å². The van der Waals surface area contributed by atoms with E-state index in [4.69, 9.17) is 0 Å². The van der Waals surface area contributed by atoms with E-state index >= 15 is 0 Å². The van der Waals surface area contributed by atoms with Crippen LogP contribution < -0.4 is 0 Å². The highest BCUT2D eigenvalue weighted by Gasteiger charge is 2.01. The largest absolute Gasteiger partial charge is 0.295 e. The number of rotatable bonds is 2. The second kappa shape index (κ2) is 4.12. The molecule has 0 spiro atoms. The molecule has 1 heteroatoms. The lowest BCUT2D eigenvalue weighted by molar-refractivity contribution is -0.112. The standard InChI is InChI=1S/C10H16O/c1-9(11)7-5-6-8-10(2,3)4/h5-8H,1-4H3/b7-5+,8-6-. The zero-order valence-electron chi connectivity index (χ0n) is 7.72. The lowest BCUT2D eigenvalue weighted by atomic mass is 9.96. The van der Waals surface area contributed by atoms with E-state index in [1.54, 1.807) is 19.1 Å². The highest BCUT2D eigenvalue weighted by molar-refractivity contribution is 5.87. The summed E-state index contributed by atoms with van der Waals surface area (Å²) in [6, 6.07) is 0. The Labute approximate surface area is 68.8 Å². The number of carbonyl (C=O) groups excluding carboxylic acids is 1. The van der Waals surface area contributed by atoms with Crippen molar-refractivity contribution in [3.63, 3.8) is 0 Å². The van der Waals surface area contributed by atoms with Gasteiger partial charge < -0.3 is 0 Å². The fourth-order valence-corrected chi connectivity index (χ4v) is 0.535. The SMILES string of the molecule is CC(=O)/C=C/C=C\C(C)(C)C. The summed E-state index contributed by atoms with van der Waals surface area (Å²) in [5.74, 6) is 0.0866. The van der Waals surface area contributed by atoms with Crippen LogP contribution in [0, 0.1) is 5.41 Å². The Morgan fingerprint density at radius 3 is 2.09 bits per heavy atom. The maximum atomic E-state index is 10.4. The van der Waals surface area contributed by atoms with Crippen molar-refractivity contribution >= 4 is 5.78 Å². The van der Waals surface area contributed by atoms with E-state index in [1.165, 1.54) is 0 Å². The van der Waals surface area contributed by atoms with Crippen LogP contribution in [0.3, 0.4) is 0 Å². The molecule has 0 saturated heterocycles. The van der Waals surface area contributed by atoms with E-state index in [0.717, 1.165) is 0 Å². The summed E-state index contributed by atoms with van der Waals surface area (Å²) in [5, 5.41) is 0. The predicted octanol–water partition coefficient (Wildman–Crippen LogP) is 2.73. The normalized spacial score (nSPS) is 13.1. The maximum absolute atomic E-state index is 10.4. The van der Waals surface area contributed by atoms with Gasteiger partial charge in [-0.25, -0.2) is 0 Å². The second-order valence-corrected chi connectivity index (χ2v) is 3.69. The van der Waals surface area contributed by atoms with Crippen LogP contribution in [0.15, 0.2) is 24.3 Å². The topological polar surface area (TPSA) is 17.1 Å². The van der Waals surface area contributed by atoms with Crippen molar-refractivity contribution in [1.29, 1.82) is 0 Å². The number of hydrogen-bond donors (Lipinski definition) is 0. The Morgan fingerprint density at radius 2 is 1.73 bits per heavy atom. The monoisotopic (exact) mass is 152 g/mol. The zero-order chi connectivity index (χ0) is 8.91. The molecule has 0 amide bonds. The lowest BCUT2D eigenvalue weighted by Gasteiger charge is -2.09. The Morgan fingerprint density at radius 1 is 1.18 bits per heavy atom. The van der Waals surface area contributed by atoms with Crippen LogP contribution in [0.4, 0.5) is 0 Å². The molecule has 62 valence electrons. The van der Waals surface area contributed by atoms with Gasteiger partial charge in [0, 0.05) is 0 Å². The third kappa shape index (κ3) is 9.15. The molecule has 11 heavy (non-hydrogen) atoms. The van der Waals surface area contributed by atoms with Gasteiger partial charge in [0.25, 0.3) is 0 Å². The van der Waals surface area contributed by atoms with Crippen molar-refractivity contribution < 1.29 is 4.79 Å². The van der Waals surface area contributed by atoms with E-state index in [1.807, 2.05) is 6.08 Å². The fraction of sp³-hybridized carbons (Fsp3) is 0.500. The number of carbonyl (C=O) groups is 1. The van der Waals surface area contributed by atoms with Crippen LogP contribution in [-0.4, -0.2) is 5.78 Å². The van der Waals surface area contributed by atoms with Crippen LogP contribution in [-0.2, 0) is 4.79 Å². The van der Waals surface area contributed by atoms with E-state index in [0.29, 0.717) is 0 Å². The Kier molecular flexibility index (Phi) is 3.80. The summed E-state index contributed by atoms with van der Waals surface area (Å²) >= 11 is 0. The van der Waals surface area contributed by atoms with E-state index < -0.39 is 0 Å². The first-order valence-electron chi connectivity index (χ1n) is 3.78. The van der Waals surface area contributed by atoms with Crippen LogP contribution in [0.2, 0.25) is 0 Å². The average Bonchev–Trinajstić information content (AvgIpc) is 1.78. The molecule has 0 unspecified atom stereocenters. The molecular weight excluding hydrogens is 136 g/mol. The molecule has 0 radical (unpaired) electrons. The van der Waals surface area contributed by atoms with Gasteiger partial charge >= 0.3 is 0 Å². The van der Waals surface area contributed by atoms with Crippen LogP contribution in [0.5, 0.6) is 0 Å². The van der Waals surface area contributed by atoms with Gasteiger partial charge in [0.1, 0.15) is 0 Å². The van der Waals surface area contributed by atoms with Gasteiger partial charge in [0.2, 0.25) is 0 Å². The van der Waals surface area contributed by atoms with E-state index in [2.05, 4.69) is 26.8 Å². The molecule has 0 saturated carbocycles. The van der Waals surface area contributed by atoms with Crippen molar-refractivity contribution in [2.45, 2.75) is 27.7 Å². The fourth-order valence-electron chi connectivity index (χ4n) is 0.535. The summed E-state index contributed by atoms with van der Waals surface area (Å²) in [7, 11) is 0. The number of ketones is 1. The zero-order valence-corrected chi connectivity index (χ0v) is 7.72. The number of hydrogen-bond acceptors (Lipinski definition) is 1. The minimum atomic E-state index is 0.0866. The molecular formula is C10H16O. The first kappa shape index (κ1) is 10.2. The Hall–Kier alpha value is -0.850. The van der Waals surface area contributed by atoms with Gasteiger partial charge in [-0.2, -0.15) is 0 Å². The molecule has 0 aromatic carbocycles. The van der Waals surface area contributed by atoms with Crippen molar-refractivity contribution in [3.05, 3.63) is 24.3 Å². The second-order valence-electron chi connectivity index (χ2n) is 3.69. The number of allylic oxidation sites excluding steroid dienone is 4. The summed E-state index contributed by atoms with van der Waals surface area (Å²) in [5.41, 5.74) is 0.196. The third-order valence-corrected chi connectivity index (χ3v) is 1.04. The van der Waals surface area contributed by atoms with Crippen LogP contribution >= 0.6 is 0 Å². The van der Waals surface area contributed by atoms with E-state index in [9.17, 15) is 4.79 Å². The predicted molar refractivity (Wildman–Crippen MR) is 48.4 cm³/mol. The van der Waals surface area contributed by atoms with Crippen molar-refractivity contribution in [2.75, 3.05) is 0 Å². The molecule has 0 atom stereocenters. The molecule has 0 rings (SSSR count). The molecule has 0 aliphatic carbocycles. The highest BCUT2D eigenvalue weighted by Crippen LogP contribution is 2.13. The molecule has 0 fully saturated rings. The van der Waals surface area contributed by atoms with Gasteiger partial charge in [-0.1, -0.05) is 39.0 Å². The van der Waals surface area contributed by atoms with Gasteiger partial charge in [-0.05, 0) is 18.4 Å². The quantitative estimate of drug-likeness (QED) is 0.439. The molecule has 0 aromatic rings. The summed E-state index contributed by atoms with van der Waals surface area (Å²) in [4.78, 5) is 10.4. The highest BCUT2D eigenvalue weighted by atomic mass is 16.1. The smallest absolute Gasteiger partial charge is 0.152 e.